The molecule has 3 nitrogen and oxygen atoms in total. The number of amides is 1. The van der Waals surface area contributed by atoms with Crippen LogP contribution in [0.25, 0.3) is 0 Å². The first-order chi connectivity index (χ1) is 8.00. The molecular formula is C13H18BrClN2O. The summed E-state index contributed by atoms with van der Waals surface area (Å²) in [4.78, 5) is 14.1. The van der Waals surface area contributed by atoms with Crippen LogP contribution in [0.1, 0.15) is 19.4 Å². The summed E-state index contributed by atoms with van der Waals surface area (Å²) in [5, 5.41) is 0. The third kappa shape index (κ3) is 2.87. The van der Waals surface area contributed by atoms with Crippen molar-refractivity contribution in [1.82, 2.24) is 0 Å². The van der Waals surface area contributed by atoms with Crippen LogP contribution >= 0.6 is 28.3 Å². The normalized spacial score (nSPS) is 16.8. The molecule has 1 amide bonds. The van der Waals surface area contributed by atoms with Gasteiger partial charge in [-0.2, -0.15) is 0 Å². The molecule has 2 atom stereocenters. The zero-order chi connectivity index (χ0) is 12.6. The Labute approximate surface area is 122 Å². The molecule has 0 aromatic heterocycles. The molecule has 5 heteroatoms. The fourth-order valence-electron chi connectivity index (χ4n) is 2.07. The molecule has 18 heavy (non-hydrogen) atoms. The quantitative estimate of drug-likeness (QED) is 0.904. The van der Waals surface area contributed by atoms with Gasteiger partial charge in [0.15, 0.2) is 0 Å². The highest BCUT2D eigenvalue weighted by Gasteiger charge is 2.29. The third-order valence-corrected chi connectivity index (χ3v) is 3.87. The number of benzene rings is 1. The third-order valence-electron chi connectivity index (χ3n) is 3.38. The van der Waals surface area contributed by atoms with E-state index in [1.165, 1.54) is 5.56 Å². The molecule has 0 radical (unpaired) electrons. The second-order valence-electron chi connectivity index (χ2n) is 4.66. The van der Waals surface area contributed by atoms with Crippen molar-refractivity contribution < 1.29 is 4.79 Å². The number of nitrogens with two attached hydrogens (primary N) is 1. The van der Waals surface area contributed by atoms with Gasteiger partial charge in [0, 0.05) is 22.7 Å². The van der Waals surface area contributed by atoms with Gasteiger partial charge in [0.05, 0.1) is 5.92 Å². The summed E-state index contributed by atoms with van der Waals surface area (Å²) in [5.41, 5.74) is 8.05. The summed E-state index contributed by atoms with van der Waals surface area (Å²) >= 11 is 3.45. The van der Waals surface area contributed by atoms with Gasteiger partial charge >= 0.3 is 0 Å². The first-order valence-electron chi connectivity index (χ1n) is 5.86. The standard InChI is InChI=1S/C13H17BrN2O.ClH/c1-8(9(2)15)13(17)16-6-5-10-7-11(14)3-4-12(10)16;/h3-4,7-9H,5-6,15H2,1-2H3;1H. The van der Waals surface area contributed by atoms with Crippen molar-refractivity contribution in [3.63, 3.8) is 0 Å². The maximum absolute atomic E-state index is 12.3. The fourth-order valence-corrected chi connectivity index (χ4v) is 2.48. The zero-order valence-corrected chi connectivity index (χ0v) is 12.9. The molecule has 1 aliphatic heterocycles. The number of rotatable bonds is 2. The molecule has 2 N–H and O–H groups in total. The first-order valence-corrected chi connectivity index (χ1v) is 6.65. The second kappa shape index (κ2) is 6.04. The smallest absolute Gasteiger partial charge is 0.231 e. The Kier molecular flexibility index (Phi) is 5.20. The van der Waals surface area contributed by atoms with Crippen LogP contribution in [0.3, 0.4) is 0 Å². The number of fused-ring (bicyclic) bond motifs is 1. The molecule has 100 valence electrons. The summed E-state index contributed by atoms with van der Waals surface area (Å²) in [6, 6.07) is 5.94. The fraction of sp³-hybridized carbons (Fsp3) is 0.462. The summed E-state index contributed by atoms with van der Waals surface area (Å²) < 4.78 is 1.06. The number of nitrogens with zero attached hydrogens (tertiary/aromatic N) is 1. The van der Waals surface area contributed by atoms with E-state index in [9.17, 15) is 4.79 Å². The summed E-state index contributed by atoms with van der Waals surface area (Å²) in [6.45, 7) is 4.53. The van der Waals surface area contributed by atoms with Crippen molar-refractivity contribution in [2.24, 2.45) is 11.7 Å². The topological polar surface area (TPSA) is 46.3 Å². The number of anilines is 1. The molecule has 0 saturated heterocycles. The zero-order valence-electron chi connectivity index (χ0n) is 10.5. The summed E-state index contributed by atoms with van der Waals surface area (Å²) in [5.74, 6) is -0.00864. The maximum Gasteiger partial charge on any atom is 0.231 e. The monoisotopic (exact) mass is 332 g/mol. The SMILES string of the molecule is CC(N)C(C)C(=O)N1CCc2cc(Br)ccc21.Cl. The highest BCUT2D eigenvalue weighted by molar-refractivity contribution is 9.10. The Morgan fingerprint density at radius 3 is 2.72 bits per heavy atom. The summed E-state index contributed by atoms with van der Waals surface area (Å²) in [6.07, 6.45) is 0.923. The van der Waals surface area contributed by atoms with E-state index in [1.807, 2.05) is 30.9 Å². The van der Waals surface area contributed by atoms with Crippen molar-refractivity contribution in [3.8, 4) is 0 Å². The Hall–Kier alpha value is -0.580. The molecule has 0 saturated carbocycles. The number of hydrogen-bond acceptors (Lipinski definition) is 2. The molecule has 0 spiro atoms. The van der Waals surface area contributed by atoms with E-state index >= 15 is 0 Å². The average Bonchev–Trinajstić information content (AvgIpc) is 2.69. The van der Waals surface area contributed by atoms with Crippen LogP contribution in [0.2, 0.25) is 0 Å². The maximum atomic E-state index is 12.3. The van der Waals surface area contributed by atoms with E-state index in [4.69, 9.17) is 5.73 Å². The van der Waals surface area contributed by atoms with E-state index in [0.717, 1.165) is 23.1 Å². The van der Waals surface area contributed by atoms with Gasteiger partial charge in [-0.3, -0.25) is 4.79 Å². The lowest BCUT2D eigenvalue weighted by molar-refractivity contribution is -0.122. The summed E-state index contributed by atoms with van der Waals surface area (Å²) in [7, 11) is 0. The molecule has 0 aliphatic carbocycles. The van der Waals surface area contributed by atoms with E-state index in [0.29, 0.717) is 0 Å². The van der Waals surface area contributed by atoms with Gasteiger partial charge in [0.25, 0.3) is 0 Å². The van der Waals surface area contributed by atoms with Gasteiger partial charge in [-0.25, -0.2) is 0 Å². The minimum absolute atomic E-state index is 0. The van der Waals surface area contributed by atoms with Crippen LogP contribution in [0.4, 0.5) is 5.69 Å². The second-order valence-corrected chi connectivity index (χ2v) is 5.58. The molecule has 0 bridgehead atoms. The van der Waals surface area contributed by atoms with Crippen molar-refractivity contribution in [2.45, 2.75) is 26.3 Å². The number of carbonyl (C=O) groups is 1. The van der Waals surface area contributed by atoms with Crippen LogP contribution in [0, 0.1) is 5.92 Å². The molecule has 1 aromatic rings. The van der Waals surface area contributed by atoms with Gasteiger partial charge in [0.2, 0.25) is 5.91 Å². The van der Waals surface area contributed by atoms with E-state index in [2.05, 4.69) is 22.0 Å². The minimum Gasteiger partial charge on any atom is -0.327 e. The number of halogens is 2. The Balaban J connectivity index is 0.00000162. The Morgan fingerprint density at radius 1 is 1.44 bits per heavy atom. The van der Waals surface area contributed by atoms with E-state index in [1.54, 1.807) is 0 Å². The minimum atomic E-state index is -0.135. The van der Waals surface area contributed by atoms with Crippen LogP contribution < -0.4 is 10.6 Å². The lowest BCUT2D eigenvalue weighted by Crippen LogP contribution is -2.41. The van der Waals surface area contributed by atoms with Gasteiger partial charge in [0.1, 0.15) is 0 Å². The molecule has 2 unspecified atom stereocenters. The predicted molar refractivity (Wildman–Crippen MR) is 80.3 cm³/mol. The molecule has 1 aromatic carbocycles. The first kappa shape index (κ1) is 15.5. The van der Waals surface area contributed by atoms with Crippen LogP contribution in [0.5, 0.6) is 0 Å². The number of hydrogen-bond donors (Lipinski definition) is 1. The van der Waals surface area contributed by atoms with Crippen molar-refractivity contribution in [3.05, 3.63) is 28.2 Å². The molecular weight excluding hydrogens is 316 g/mol. The van der Waals surface area contributed by atoms with Gasteiger partial charge < -0.3 is 10.6 Å². The Bertz CT molecular complexity index is 451. The lowest BCUT2D eigenvalue weighted by atomic mass is 10.0. The van der Waals surface area contributed by atoms with E-state index < -0.39 is 0 Å². The highest BCUT2D eigenvalue weighted by atomic mass is 79.9. The lowest BCUT2D eigenvalue weighted by Gasteiger charge is -2.23. The Morgan fingerprint density at radius 2 is 2.11 bits per heavy atom. The molecule has 1 aliphatic rings. The van der Waals surface area contributed by atoms with Crippen LogP contribution in [-0.2, 0) is 11.2 Å². The van der Waals surface area contributed by atoms with Gasteiger partial charge in [-0.1, -0.05) is 22.9 Å². The number of carbonyl (C=O) groups excluding carboxylic acids is 1. The largest absolute Gasteiger partial charge is 0.327 e. The van der Waals surface area contributed by atoms with Crippen molar-refractivity contribution in [1.29, 1.82) is 0 Å². The predicted octanol–water partition coefficient (Wildman–Crippen LogP) is 2.74. The molecule has 2 rings (SSSR count). The van der Waals surface area contributed by atoms with Crippen LogP contribution in [-0.4, -0.2) is 18.5 Å². The van der Waals surface area contributed by atoms with Gasteiger partial charge in [-0.15, -0.1) is 12.4 Å². The van der Waals surface area contributed by atoms with Gasteiger partial charge in [-0.05, 0) is 37.1 Å². The van der Waals surface area contributed by atoms with Crippen molar-refractivity contribution in [2.75, 3.05) is 11.4 Å². The van der Waals surface area contributed by atoms with E-state index in [-0.39, 0.29) is 30.3 Å². The molecule has 1 heterocycles. The van der Waals surface area contributed by atoms with Crippen molar-refractivity contribution >= 4 is 39.9 Å². The van der Waals surface area contributed by atoms with Crippen LogP contribution in [0.15, 0.2) is 22.7 Å². The molecule has 0 fully saturated rings. The highest BCUT2D eigenvalue weighted by Crippen LogP contribution is 2.31. The average molecular weight is 334 g/mol.